The predicted molar refractivity (Wildman–Crippen MR) is 81.9 cm³/mol. The summed E-state index contributed by atoms with van der Waals surface area (Å²) in [4.78, 5) is 11.5. The lowest BCUT2D eigenvalue weighted by atomic mass is 9.93. The molecule has 1 atom stereocenters. The van der Waals surface area contributed by atoms with Gasteiger partial charge >= 0.3 is 0 Å². The van der Waals surface area contributed by atoms with Crippen LogP contribution >= 0.6 is 11.8 Å². The van der Waals surface area contributed by atoms with E-state index in [1.54, 1.807) is 0 Å². The number of hydrogen-bond donors (Lipinski definition) is 2. The van der Waals surface area contributed by atoms with E-state index in [2.05, 4.69) is 19.2 Å². The van der Waals surface area contributed by atoms with Crippen molar-refractivity contribution in [2.24, 2.45) is 11.7 Å². The summed E-state index contributed by atoms with van der Waals surface area (Å²) in [5.41, 5.74) is 4.93. The first-order valence-corrected chi connectivity index (χ1v) is 8.08. The standard InChI is InChI=1S/C14H30N2OS/c1-11(2)10-18-9-7-6-8-14(5,13(15)17)16-12(3)4/h11-12,16H,6-10H2,1-5H3,(H2,15,17). The molecular weight excluding hydrogens is 244 g/mol. The van der Waals surface area contributed by atoms with Gasteiger partial charge in [0.1, 0.15) is 0 Å². The molecule has 3 nitrogen and oxygen atoms in total. The molecule has 0 saturated heterocycles. The molecule has 0 aliphatic carbocycles. The first kappa shape index (κ1) is 17.8. The second kappa shape index (κ2) is 8.81. The molecule has 0 radical (unpaired) electrons. The maximum atomic E-state index is 11.5. The molecule has 0 aromatic heterocycles. The Balaban J connectivity index is 3.88. The van der Waals surface area contributed by atoms with Crippen LogP contribution in [0.15, 0.2) is 0 Å². The number of primary amides is 1. The monoisotopic (exact) mass is 274 g/mol. The molecule has 0 heterocycles. The maximum absolute atomic E-state index is 11.5. The number of hydrogen-bond acceptors (Lipinski definition) is 3. The Kier molecular flexibility index (Phi) is 8.70. The quantitative estimate of drug-likeness (QED) is 0.602. The third kappa shape index (κ3) is 7.98. The molecule has 0 aliphatic heterocycles. The fourth-order valence-corrected chi connectivity index (χ4v) is 2.95. The van der Waals surface area contributed by atoms with E-state index in [0.29, 0.717) is 0 Å². The molecule has 0 saturated carbocycles. The predicted octanol–water partition coefficient (Wildman–Crippen LogP) is 2.79. The Hall–Kier alpha value is -0.220. The number of unbranched alkanes of at least 4 members (excludes halogenated alkanes) is 1. The summed E-state index contributed by atoms with van der Waals surface area (Å²) >= 11 is 2.00. The molecule has 4 heteroatoms. The molecule has 1 unspecified atom stereocenters. The van der Waals surface area contributed by atoms with Crippen LogP contribution in [0.5, 0.6) is 0 Å². The van der Waals surface area contributed by atoms with Gasteiger partial charge in [0.05, 0.1) is 5.54 Å². The highest BCUT2D eigenvalue weighted by Gasteiger charge is 2.30. The van der Waals surface area contributed by atoms with Crippen LogP contribution in [0.2, 0.25) is 0 Å². The molecule has 0 aromatic rings. The van der Waals surface area contributed by atoms with Gasteiger partial charge in [-0.2, -0.15) is 11.8 Å². The van der Waals surface area contributed by atoms with Crippen molar-refractivity contribution in [3.05, 3.63) is 0 Å². The Bertz CT molecular complexity index is 244. The number of carbonyl (C=O) groups is 1. The van der Waals surface area contributed by atoms with Gasteiger partial charge in [-0.15, -0.1) is 0 Å². The molecule has 0 rings (SSSR count). The van der Waals surface area contributed by atoms with Gasteiger partial charge in [-0.3, -0.25) is 4.79 Å². The van der Waals surface area contributed by atoms with Gasteiger partial charge in [-0.1, -0.05) is 20.3 Å². The van der Waals surface area contributed by atoms with Crippen LogP contribution in [-0.2, 0) is 4.79 Å². The van der Waals surface area contributed by atoms with Crippen molar-refractivity contribution in [1.82, 2.24) is 5.32 Å². The Morgan fingerprint density at radius 1 is 1.28 bits per heavy atom. The lowest BCUT2D eigenvalue weighted by Gasteiger charge is -2.29. The van der Waals surface area contributed by atoms with E-state index in [1.807, 2.05) is 32.5 Å². The average Bonchev–Trinajstić information content (AvgIpc) is 2.21. The Morgan fingerprint density at radius 3 is 2.33 bits per heavy atom. The highest BCUT2D eigenvalue weighted by Crippen LogP contribution is 2.17. The topological polar surface area (TPSA) is 55.1 Å². The molecule has 108 valence electrons. The summed E-state index contributed by atoms with van der Waals surface area (Å²) in [6.07, 6.45) is 3.02. The molecule has 0 aromatic carbocycles. The second-order valence-corrected chi connectivity index (χ2v) is 7.07. The van der Waals surface area contributed by atoms with E-state index >= 15 is 0 Å². The van der Waals surface area contributed by atoms with Crippen molar-refractivity contribution in [2.75, 3.05) is 11.5 Å². The maximum Gasteiger partial charge on any atom is 0.237 e. The normalized spacial score (nSPS) is 15.1. The van der Waals surface area contributed by atoms with Crippen LogP contribution in [0.25, 0.3) is 0 Å². The van der Waals surface area contributed by atoms with Crippen molar-refractivity contribution >= 4 is 17.7 Å². The largest absolute Gasteiger partial charge is 0.368 e. The molecule has 0 aliphatic rings. The molecular formula is C14H30N2OS. The van der Waals surface area contributed by atoms with Gasteiger partial charge in [-0.05, 0) is 51.0 Å². The van der Waals surface area contributed by atoms with Crippen LogP contribution in [0.3, 0.4) is 0 Å². The number of rotatable bonds is 10. The van der Waals surface area contributed by atoms with Crippen LogP contribution in [-0.4, -0.2) is 29.0 Å². The van der Waals surface area contributed by atoms with Crippen LogP contribution < -0.4 is 11.1 Å². The van der Waals surface area contributed by atoms with E-state index in [4.69, 9.17) is 5.73 Å². The van der Waals surface area contributed by atoms with Gasteiger partial charge in [0.25, 0.3) is 0 Å². The SMILES string of the molecule is CC(C)CSCCCCC(C)(NC(C)C)C(N)=O. The third-order valence-electron chi connectivity index (χ3n) is 2.82. The van der Waals surface area contributed by atoms with E-state index < -0.39 is 5.54 Å². The minimum absolute atomic E-state index is 0.244. The fourth-order valence-electron chi connectivity index (χ4n) is 1.91. The lowest BCUT2D eigenvalue weighted by molar-refractivity contribution is -0.124. The average molecular weight is 274 g/mol. The zero-order chi connectivity index (χ0) is 14.2. The first-order valence-electron chi connectivity index (χ1n) is 6.93. The summed E-state index contributed by atoms with van der Waals surface area (Å²) in [6, 6.07) is 0.276. The molecule has 0 bridgehead atoms. The van der Waals surface area contributed by atoms with Crippen LogP contribution in [0, 0.1) is 5.92 Å². The lowest BCUT2D eigenvalue weighted by Crippen LogP contribution is -2.55. The minimum Gasteiger partial charge on any atom is -0.368 e. The van der Waals surface area contributed by atoms with Gasteiger partial charge in [0.15, 0.2) is 0 Å². The Labute approximate surface area is 117 Å². The number of nitrogens with two attached hydrogens (primary N) is 1. The van der Waals surface area contributed by atoms with Crippen molar-refractivity contribution in [3.63, 3.8) is 0 Å². The smallest absolute Gasteiger partial charge is 0.237 e. The van der Waals surface area contributed by atoms with E-state index in [9.17, 15) is 4.79 Å². The zero-order valence-corrected chi connectivity index (χ0v) is 13.4. The van der Waals surface area contributed by atoms with Crippen LogP contribution in [0.1, 0.15) is 53.9 Å². The van der Waals surface area contributed by atoms with E-state index in [-0.39, 0.29) is 11.9 Å². The summed E-state index contributed by atoms with van der Waals surface area (Å²) < 4.78 is 0. The summed E-state index contributed by atoms with van der Waals surface area (Å²) in [6.45, 7) is 10.5. The van der Waals surface area contributed by atoms with Crippen molar-refractivity contribution in [2.45, 2.75) is 65.5 Å². The van der Waals surface area contributed by atoms with Gasteiger partial charge in [-0.25, -0.2) is 0 Å². The highest BCUT2D eigenvalue weighted by molar-refractivity contribution is 7.99. The number of thioether (sulfide) groups is 1. The molecule has 0 fully saturated rings. The van der Waals surface area contributed by atoms with Crippen molar-refractivity contribution in [3.8, 4) is 0 Å². The molecule has 18 heavy (non-hydrogen) atoms. The summed E-state index contributed by atoms with van der Waals surface area (Å²) in [5, 5.41) is 3.28. The molecule has 0 spiro atoms. The zero-order valence-electron chi connectivity index (χ0n) is 12.6. The van der Waals surface area contributed by atoms with Crippen molar-refractivity contribution < 1.29 is 4.79 Å². The second-order valence-electron chi connectivity index (χ2n) is 5.92. The van der Waals surface area contributed by atoms with Gasteiger partial charge < -0.3 is 11.1 Å². The molecule has 1 amide bonds. The minimum atomic E-state index is -0.559. The summed E-state index contributed by atoms with van der Waals surface area (Å²) in [7, 11) is 0. The third-order valence-corrected chi connectivity index (χ3v) is 4.30. The highest BCUT2D eigenvalue weighted by atomic mass is 32.2. The van der Waals surface area contributed by atoms with E-state index in [1.165, 1.54) is 11.5 Å². The van der Waals surface area contributed by atoms with E-state index in [0.717, 1.165) is 25.2 Å². The fraction of sp³-hybridized carbons (Fsp3) is 0.929. The number of carbonyl (C=O) groups excluding carboxylic acids is 1. The molecule has 3 N–H and O–H groups in total. The number of amides is 1. The number of nitrogens with one attached hydrogen (secondary N) is 1. The first-order chi connectivity index (χ1) is 8.28. The Morgan fingerprint density at radius 2 is 1.89 bits per heavy atom. The summed E-state index contributed by atoms with van der Waals surface area (Å²) in [5.74, 6) is 2.91. The van der Waals surface area contributed by atoms with Gasteiger partial charge in [0.2, 0.25) is 5.91 Å². The van der Waals surface area contributed by atoms with Crippen molar-refractivity contribution in [1.29, 1.82) is 0 Å². The van der Waals surface area contributed by atoms with Gasteiger partial charge in [0, 0.05) is 6.04 Å². The van der Waals surface area contributed by atoms with Crippen LogP contribution in [0.4, 0.5) is 0 Å².